The third-order valence-corrected chi connectivity index (χ3v) is 3.87. The summed E-state index contributed by atoms with van der Waals surface area (Å²) >= 11 is 3.54. The van der Waals surface area contributed by atoms with Gasteiger partial charge in [-0.25, -0.2) is 0 Å². The van der Waals surface area contributed by atoms with Gasteiger partial charge in [-0.15, -0.1) is 0 Å². The van der Waals surface area contributed by atoms with Crippen molar-refractivity contribution >= 4 is 21.7 Å². The lowest BCUT2D eigenvalue weighted by molar-refractivity contribution is -0.127. The van der Waals surface area contributed by atoms with Crippen LogP contribution in [0.4, 0.5) is 0 Å². The largest absolute Gasteiger partial charge is 0.298 e. The second-order valence-corrected chi connectivity index (χ2v) is 4.98. The summed E-state index contributed by atoms with van der Waals surface area (Å²) in [6.45, 7) is 4.06. The molecular formula is C13H16BrNO. The molecule has 86 valence electrons. The molecule has 0 saturated carbocycles. The van der Waals surface area contributed by atoms with Crippen molar-refractivity contribution < 1.29 is 4.79 Å². The Hall–Kier alpha value is -0.670. The van der Waals surface area contributed by atoms with Gasteiger partial charge in [0.2, 0.25) is 0 Å². The Morgan fingerprint density at radius 1 is 1.44 bits per heavy atom. The summed E-state index contributed by atoms with van der Waals surface area (Å²) in [5.74, 6) is 0.347. The molecule has 0 bridgehead atoms. The number of benzene rings is 1. The summed E-state index contributed by atoms with van der Waals surface area (Å²) in [7, 11) is 0. The number of hydrogen-bond donors (Lipinski definition) is 0. The minimum atomic E-state index is -0.0469. The maximum Gasteiger partial charge on any atom is 0.154 e. The molecule has 1 atom stereocenters. The van der Waals surface area contributed by atoms with E-state index in [9.17, 15) is 4.79 Å². The van der Waals surface area contributed by atoms with E-state index in [1.165, 1.54) is 0 Å². The second kappa shape index (κ2) is 5.11. The topological polar surface area (TPSA) is 20.3 Å². The van der Waals surface area contributed by atoms with Crippen LogP contribution in [0.3, 0.4) is 0 Å². The van der Waals surface area contributed by atoms with Gasteiger partial charge in [0, 0.05) is 10.9 Å². The Morgan fingerprint density at radius 2 is 2.19 bits per heavy atom. The third-order valence-electron chi connectivity index (χ3n) is 3.14. The molecule has 16 heavy (non-hydrogen) atoms. The minimum Gasteiger partial charge on any atom is -0.298 e. The Labute approximate surface area is 105 Å². The molecule has 2 nitrogen and oxygen atoms in total. The molecule has 1 unspecified atom stereocenters. The van der Waals surface area contributed by atoms with Crippen LogP contribution in [0.25, 0.3) is 0 Å². The maximum atomic E-state index is 12.1. The fourth-order valence-corrected chi connectivity index (χ4v) is 2.84. The van der Waals surface area contributed by atoms with Crippen molar-refractivity contribution in [2.75, 3.05) is 13.1 Å². The van der Waals surface area contributed by atoms with E-state index in [1.807, 2.05) is 24.3 Å². The number of likely N-dealkylation sites (N-methyl/N-ethyl adjacent to an activating group) is 1. The first-order valence-corrected chi connectivity index (χ1v) is 6.54. The van der Waals surface area contributed by atoms with Gasteiger partial charge < -0.3 is 0 Å². The number of Topliss-reactive ketones (excluding diaryl/α,β-unsaturated/α-hetero) is 1. The molecule has 0 spiro atoms. The number of likely N-dealkylation sites (tertiary alicyclic amines) is 1. The summed E-state index contributed by atoms with van der Waals surface area (Å²) in [5.41, 5.74) is 1.11. The minimum absolute atomic E-state index is 0.0469. The fourth-order valence-electron chi connectivity index (χ4n) is 2.33. The van der Waals surface area contributed by atoms with Crippen molar-refractivity contribution in [3.8, 4) is 0 Å². The highest BCUT2D eigenvalue weighted by molar-refractivity contribution is 9.10. The lowest BCUT2D eigenvalue weighted by Crippen LogP contribution is -2.39. The van der Waals surface area contributed by atoms with Gasteiger partial charge in [-0.1, -0.05) is 41.1 Å². The zero-order valence-electron chi connectivity index (χ0n) is 9.45. The van der Waals surface area contributed by atoms with Crippen LogP contribution < -0.4 is 0 Å². The molecule has 1 saturated heterocycles. The zero-order valence-corrected chi connectivity index (χ0v) is 11.0. The number of halogens is 1. The van der Waals surface area contributed by atoms with Gasteiger partial charge >= 0.3 is 0 Å². The molecule has 0 aliphatic carbocycles. The van der Waals surface area contributed by atoms with Gasteiger partial charge in [0.05, 0.1) is 6.04 Å². The van der Waals surface area contributed by atoms with Crippen molar-refractivity contribution in [2.24, 2.45) is 0 Å². The fraction of sp³-hybridized carbons (Fsp3) is 0.462. The highest BCUT2D eigenvalue weighted by atomic mass is 79.9. The van der Waals surface area contributed by atoms with E-state index in [1.54, 1.807) is 0 Å². The SMILES string of the molecule is CCN1CCCC(=O)C1c1ccccc1Br. The van der Waals surface area contributed by atoms with Crippen LogP contribution in [-0.2, 0) is 4.79 Å². The Kier molecular flexibility index (Phi) is 3.77. The first-order chi connectivity index (χ1) is 7.74. The van der Waals surface area contributed by atoms with Crippen LogP contribution in [0.1, 0.15) is 31.4 Å². The van der Waals surface area contributed by atoms with E-state index in [0.29, 0.717) is 12.2 Å². The molecule has 0 amide bonds. The van der Waals surface area contributed by atoms with Crippen LogP contribution >= 0.6 is 15.9 Å². The van der Waals surface area contributed by atoms with E-state index >= 15 is 0 Å². The predicted octanol–water partition coefficient (Wildman–Crippen LogP) is 3.18. The van der Waals surface area contributed by atoms with Crippen LogP contribution in [0.2, 0.25) is 0 Å². The number of rotatable bonds is 2. The van der Waals surface area contributed by atoms with Crippen LogP contribution in [0.5, 0.6) is 0 Å². The molecule has 0 N–H and O–H groups in total. The smallest absolute Gasteiger partial charge is 0.154 e. The number of nitrogens with zero attached hydrogens (tertiary/aromatic N) is 1. The highest BCUT2D eigenvalue weighted by Gasteiger charge is 2.30. The normalized spacial score (nSPS) is 22.4. The van der Waals surface area contributed by atoms with Crippen molar-refractivity contribution in [3.63, 3.8) is 0 Å². The predicted molar refractivity (Wildman–Crippen MR) is 68.4 cm³/mol. The highest BCUT2D eigenvalue weighted by Crippen LogP contribution is 2.32. The molecule has 0 aromatic heterocycles. The van der Waals surface area contributed by atoms with Gasteiger partial charge in [-0.3, -0.25) is 9.69 Å². The monoisotopic (exact) mass is 281 g/mol. The van der Waals surface area contributed by atoms with Gasteiger partial charge in [0.15, 0.2) is 5.78 Å². The maximum absolute atomic E-state index is 12.1. The number of carbonyl (C=O) groups excluding carboxylic acids is 1. The van der Waals surface area contributed by atoms with Crippen molar-refractivity contribution in [1.29, 1.82) is 0 Å². The first kappa shape index (κ1) is 11.8. The molecule has 1 aromatic rings. The summed E-state index contributed by atoms with van der Waals surface area (Å²) in [6.07, 6.45) is 1.70. The van der Waals surface area contributed by atoms with Crippen LogP contribution in [0.15, 0.2) is 28.7 Å². The van der Waals surface area contributed by atoms with E-state index in [-0.39, 0.29) is 6.04 Å². The number of carbonyl (C=O) groups is 1. The van der Waals surface area contributed by atoms with Gasteiger partial charge in [-0.2, -0.15) is 0 Å². The van der Waals surface area contributed by atoms with E-state index in [4.69, 9.17) is 0 Å². The average Bonchev–Trinajstić information content (AvgIpc) is 2.30. The van der Waals surface area contributed by atoms with Crippen LogP contribution in [-0.4, -0.2) is 23.8 Å². The quantitative estimate of drug-likeness (QED) is 0.830. The Bertz CT molecular complexity index is 391. The summed E-state index contributed by atoms with van der Waals surface area (Å²) in [6, 6.07) is 7.98. The summed E-state index contributed by atoms with van der Waals surface area (Å²) in [4.78, 5) is 14.3. The van der Waals surface area contributed by atoms with Crippen molar-refractivity contribution in [1.82, 2.24) is 4.90 Å². The van der Waals surface area contributed by atoms with E-state index < -0.39 is 0 Å². The average molecular weight is 282 g/mol. The summed E-state index contributed by atoms with van der Waals surface area (Å²) < 4.78 is 1.04. The van der Waals surface area contributed by atoms with Crippen LogP contribution in [0, 0.1) is 0 Å². The number of ketones is 1. The number of piperidine rings is 1. The van der Waals surface area contributed by atoms with Gasteiger partial charge in [-0.05, 0) is 31.1 Å². The Morgan fingerprint density at radius 3 is 2.88 bits per heavy atom. The molecule has 1 fully saturated rings. The van der Waals surface area contributed by atoms with E-state index in [0.717, 1.165) is 29.5 Å². The lowest BCUT2D eigenvalue weighted by Gasteiger charge is -2.34. The van der Waals surface area contributed by atoms with E-state index in [2.05, 4.69) is 27.8 Å². The summed E-state index contributed by atoms with van der Waals surface area (Å²) in [5, 5.41) is 0. The zero-order chi connectivity index (χ0) is 11.5. The Balaban J connectivity index is 2.36. The molecule has 1 aromatic carbocycles. The molecule has 3 heteroatoms. The first-order valence-electron chi connectivity index (χ1n) is 5.75. The third kappa shape index (κ3) is 2.20. The standard InChI is InChI=1S/C13H16BrNO/c1-2-15-9-5-8-12(16)13(15)10-6-3-4-7-11(10)14/h3-4,6-7,13H,2,5,8-9H2,1H3. The molecular weight excluding hydrogens is 266 g/mol. The molecule has 1 aliphatic rings. The second-order valence-electron chi connectivity index (χ2n) is 4.12. The van der Waals surface area contributed by atoms with Gasteiger partial charge in [0.1, 0.15) is 0 Å². The van der Waals surface area contributed by atoms with Crippen molar-refractivity contribution in [2.45, 2.75) is 25.8 Å². The molecule has 1 heterocycles. The molecule has 2 rings (SSSR count). The molecule has 0 radical (unpaired) electrons. The van der Waals surface area contributed by atoms with Gasteiger partial charge in [0.25, 0.3) is 0 Å². The lowest BCUT2D eigenvalue weighted by atomic mass is 9.94. The molecule has 1 aliphatic heterocycles. The number of hydrogen-bond acceptors (Lipinski definition) is 2. The van der Waals surface area contributed by atoms with Crippen molar-refractivity contribution in [3.05, 3.63) is 34.3 Å².